The van der Waals surface area contributed by atoms with Gasteiger partial charge >= 0.3 is 0 Å². The number of aromatic nitrogens is 2. The molecule has 7 heteroatoms. The van der Waals surface area contributed by atoms with Crippen LogP contribution in [0.1, 0.15) is 40.8 Å². The summed E-state index contributed by atoms with van der Waals surface area (Å²) in [6, 6.07) is 8.06. The Labute approximate surface area is 137 Å². The molecule has 1 aliphatic rings. The third-order valence-electron chi connectivity index (χ3n) is 3.80. The Morgan fingerprint density at radius 2 is 2.09 bits per heavy atom. The molecule has 0 unspecified atom stereocenters. The number of hydrogen-bond acceptors (Lipinski definition) is 4. The topological polar surface area (TPSA) is 74.8 Å². The zero-order valence-electron chi connectivity index (χ0n) is 12.5. The molecule has 2 aromatic rings. The summed E-state index contributed by atoms with van der Waals surface area (Å²) in [6.45, 7) is 1.63. The van der Waals surface area contributed by atoms with Crippen LogP contribution in [-0.2, 0) is 0 Å². The van der Waals surface area contributed by atoms with Crippen molar-refractivity contribution in [2.75, 3.05) is 0 Å². The van der Waals surface area contributed by atoms with E-state index in [0.29, 0.717) is 16.6 Å². The van der Waals surface area contributed by atoms with Crippen molar-refractivity contribution in [3.8, 4) is 0 Å². The smallest absolute Gasteiger partial charge is 0.270 e. The molecular weight excluding hydrogens is 317 g/mol. The summed E-state index contributed by atoms with van der Waals surface area (Å²) in [5.74, 6) is 0.390. The van der Waals surface area contributed by atoms with Crippen molar-refractivity contribution < 1.29 is 8.68 Å². The molecular formula is C16H16FN3O2S. The van der Waals surface area contributed by atoms with E-state index in [9.17, 15) is 13.5 Å². The summed E-state index contributed by atoms with van der Waals surface area (Å²) in [4.78, 5) is 31.0. The zero-order chi connectivity index (χ0) is 16.4. The standard InChI is InChI=1S/C16H16FN3O2S/c1-9-18-13(8-14(21)19-9)16(22)20-15(10-2-3-10)11-4-6-12(23-17)7-5-11/h4-8,10,15H,2-3H2,1H3,(H,20,22)(H,18,19,21)/t15-/m1/s1. The lowest BCUT2D eigenvalue weighted by Gasteiger charge is -2.18. The van der Waals surface area contributed by atoms with Crippen LogP contribution in [0.2, 0.25) is 0 Å². The normalized spacial score (nSPS) is 15.2. The van der Waals surface area contributed by atoms with Crippen LogP contribution in [0, 0.1) is 12.8 Å². The fourth-order valence-electron chi connectivity index (χ4n) is 2.54. The first-order valence-electron chi connectivity index (χ1n) is 7.34. The lowest BCUT2D eigenvalue weighted by Crippen LogP contribution is -2.31. The molecule has 1 amide bonds. The second kappa shape index (κ2) is 6.54. The minimum absolute atomic E-state index is 0.104. The number of aromatic amines is 1. The van der Waals surface area contributed by atoms with Crippen LogP contribution < -0.4 is 10.9 Å². The van der Waals surface area contributed by atoms with Crippen LogP contribution in [0.4, 0.5) is 3.89 Å². The predicted molar refractivity (Wildman–Crippen MR) is 85.9 cm³/mol. The Bertz CT molecular complexity index is 772. The number of amides is 1. The first-order valence-corrected chi connectivity index (χ1v) is 8.06. The quantitative estimate of drug-likeness (QED) is 0.882. The number of benzene rings is 1. The molecule has 1 heterocycles. The molecule has 1 saturated carbocycles. The molecule has 1 fully saturated rings. The fraction of sp³-hybridized carbons (Fsp3) is 0.312. The van der Waals surface area contributed by atoms with Crippen molar-refractivity contribution in [1.29, 1.82) is 0 Å². The van der Waals surface area contributed by atoms with Crippen molar-refractivity contribution >= 4 is 18.1 Å². The van der Waals surface area contributed by atoms with Gasteiger partial charge in [-0.3, -0.25) is 9.59 Å². The summed E-state index contributed by atoms with van der Waals surface area (Å²) >= 11 is 0.192. The molecule has 5 nitrogen and oxygen atoms in total. The number of rotatable bonds is 5. The summed E-state index contributed by atoms with van der Waals surface area (Å²) in [6.07, 6.45) is 2.07. The summed E-state index contributed by atoms with van der Waals surface area (Å²) in [5, 5.41) is 2.95. The van der Waals surface area contributed by atoms with Gasteiger partial charge in [0.05, 0.1) is 18.2 Å². The molecule has 0 radical (unpaired) electrons. The molecule has 23 heavy (non-hydrogen) atoms. The summed E-state index contributed by atoms with van der Waals surface area (Å²) in [7, 11) is 0. The second-order valence-electron chi connectivity index (χ2n) is 5.65. The Hall–Kier alpha value is -2.15. The van der Waals surface area contributed by atoms with Crippen LogP contribution in [0.25, 0.3) is 0 Å². The van der Waals surface area contributed by atoms with E-state index in [2.05, 4.69) is 15.3 Å². The third-order valence-corrected chi connectivity index (χ3v) is 4.25. The molecule has 1 atom stereocenters. The van der Waals surface area contributed by atoms with Gasteiger partial charge in [-0.05, 0) is 43.4 Å². The Morgan fingerprint density at radius 3 is 2.65 bits per heavy atom. The Balaban J connectivity index is 1.81. The number of halogens is 1. The second-order valence-corrected chi connectivity index (χ2v) is 6.28. The van der Waals surface area contributed by atoms with Crippen LogP contribution in [0.3, 0.4) is 0 Å². The van der Waals surface area contributed by atoms with Crippen molar-refractivity contribution in [2.24, 2.45) is 5.92 Å². The number of aryl methyl sites for hydroxylation is 1. The van der Waals surface area contributed by atoms with Crippen LogP contribution in [0.15, 0.2) is 40.0 Å². The SMILES string of the molecule is Cc1nc(C(=O)N[C@@H](c2ccc(SF)cc2)C2CC2)cc(=O)[nH]1. The Morgan fingerprint density at radius 1 is 1.39 bits per heavy atom. The zero-order valence-corrected chi connectivity index (χ0v) is 13.3. The predicted octanol–water partition coefficient (Wildman–Crippen LogP) is 2.94. The van der Waals surface area contributed by atoms with Gasteiger partial charge in [0.2, 0.25) is 0 Å². The van der Waals surface area contributed by atoms with Crippen molar-refractivity contribution in [3.63, 3.8) is 0 Å². The number of carbonyl (C=O) groups is 1. The number of nitrogens with one attached hydrogen (secondary N) is 2. The average Bonchev–Trinajstić information content (AvgIpc) is 3.36. The van der Waals surface area contributed by atoms with Gasteiger partial charge in [-0.1, -0.05) is 12.1 Å². The molecule has 3 rings (SSSR count). The first-order chi connectivity index (χ1) is 11.1. The monoisotopic (exact) mass is 333 g/mol. The third kappa shape index (κ3) is 3.79. The van der Waals surface area contributed by atoms with Crippen molar-refractivity contribution in [1.82, 2.24) is 15.3 Å². The number of H-pyrrole nitrogens is 1. The van der Waals surface area contributed by atoms with E-state index < -0.39 is 0 Å². The van der Waals surface area contributed by atoms with E-state index in [4.69, 9.17) is 0 Å². The van der Waals surface area contributed by atoms with E-state index in [0.717, 1.165) is 18.4 Å². The molecule has 0 bridgehead atoms. The van der Waals surface area contributed by atoms with Crippen molar-refractivity contribution in [2.45, 2.75) is 30.7 Å². The van der Waals surface area contributed by atoms with Gasteiger partial charge in [-0.2, -0.15) is 3.89 Å². The van der Waals surface area contributed by atoms with E-state index in [1.165, 1.54) is 6.07 Å². The molecule has 1 aromatic carbocycles. The summed E-state index contributed by atoms with van der Waals surface area (Å²) in [5.41, 5.74) is 0.683. The highest BCUT2D eigenvalue weighted by Gasteiger charge is 2.33. The molecule has 120 valence electrons. The molecule has 1 aromatic heterocycles. The highest BCUT2D eigenvalue weighted by Crippen LogP contribution is 2.41. The minimum Gasteiger partial charge on any atom is -0.344 e. The molecule has 2 N–H and O–H groups in total. The number of nitrogens with zero attached hydrogens (tertiary/aromatic N) is 1. The maximum absolute atomic E-state index is 12.5. The van der Waals surface area contributed by atoms with Gasteiger partial charge in [0.15, 0.2) is 0 Å². The maximum atomic E-state index is 12.5. The lowest BCUT2D eigenvalue weighted by atomic mass is 10.0. The van der Waals surface area contributed by atoms with E-state index in [1.54, 1.807) is 19.1 Å². The van der Waals surface area contributed by atoms with Crippen LogP contribution in [-0.4, -0.2) is 15.9 Å². The molecule has 1 aliphatic carbocycles. The van der Waals surface area contributed by atoms with Gasteiger partial charge in [0, 0.05) is 11.0 Å². The lowest BCUT2D eigenvalue weighted by molar-refractivity contribution is 0.0926. The van der Waals surface area contributed by atoms with Crippen molar-refractivity contribution in [3.05, 3.63) is 57.8 Å². The van der Waals surface area contributed by atoms with Gasteiger partial charge in [0.25, 0.3) is 11.5 Å². The molecule has 0 spiro atoms. The van der Waals surface area contributed by atoms with Crippen LogP contribution in [0.5, 0.6) is 0 Å². The van der Waals surface area contributed by atoms with Gasteiger partial charge in [0.1, 0.15) is 11.5 Å². The van der Waals surface area contributed by atoms with Gasteiger partial charge in [-0.15, -0.1) is 0 Å². The Kier molecular flexibility index (Phi) is 4.47. The van der Waals surface area contributed by atoms with E-state index in [-0.39, 0.29) is 35.4 Å². The molecule has 0 saturated heterocycles. The first kappa shape index (κ1) is 15.7. The van der Waals surface area contributed by atoms with Gasteiger partial charge in [-0.25, -0.2) is 4.98 Å². The highest BCUT2D eigenvalue weighted by atomic mass is 32.2. The molecule has 0 aliphatic heterocycles. The number of hydrogen-bond donors (Lipinski definition) is 2. The van der Waals surface area contributed by atoms with E-state index >= 15 is 0 Å². The van der Waals surface area contributed by atoms with Gasteiger partial charge < -0.3 is 10.3 Å². The van der Waals surface area contributed by atoms with E-state index in [1.807, 2.05) is 12.1 Å². The van der Waals surface area contributed by atoms with Crippen LogP contribution >= 0.6 is 12.1 Å². The number of carbonyl (C=O) groups excluding carboxylic acids is 1. The minimum atomic E-state index is -0.375. The highest BCUT2D eigenvalue weighted by molar-refractivity contribution is 7.94. The fourth-order valence-corrected chi connectivity index (χ4v) is 2.78. The summed E-state index contributed by atoms with van der Waals surface area (Å²) < 4.78 is 12.5. The largest absolute Gasteiger partial charge is 0.344 e. The average molecular weight is 333 g/mol. The maximum Gasteiger partial charge on any atom is 0.270 e.